The Morgan fingerprint density at radius 1 is 1.10 bits per heavy atom. The molecule has 1 aromatic carbocycles. The van der Waals surface area contributed by atoms with Gasteiger partial charge < -0.3 is 5.32 Å². The third-order valence-corrected chi connectivity index (χ3v) is 6.39. The normalized spacial score (nSPS) is 17.1. The number of nitrogens with one attached hydrogen (secondary N) is 3. The van der Waals surface area contributed by atoms with E-state index in [-0.39, 0.29) is 25.3 Å². The first-order chi connectivity index (χ1) is 15.0. The van der Waals surface area contributed by atoms with Crippen LogP contribution in [0.3, 0.4) is 0 Å². The zero-order valence-corrected chi connectivity index (χ0v) is 17.7. The number of amides is 5. The second kappa shape index (κ2) is 8.84. The number of rotatable bonds is 6. The SMILES string of the molecule is O=C(CCN1C(=O)NC2(CCCC2)C1=O)NNC(=O)Cc1nc(-c2ccccc2)cs1. The molecule has 3 N–H and O–H groups in total. The molecule has 31 heavy (non-hydrogen) atoms. The topological polar surface area (TPSA) is 121 Å². The number of hydrogen-bond acceptors (Lipinski definition) is 6. The average Bonchev–Trinajstić information content (AvgIpc) is 3.48. The van der Waals surface area contributed by atoms with E-state index in [1.54, 1.807) is 0 Å². The second-order valence-corrected chi connectivity index (χ2v) is 8.63. The molecular weight excluding hydrogens is 418 g/mol. The molecule has 5 amide bonds. The van der Waals surface area contributed by atoms with Crippen LogP contribution < -0.4 is 16.2 Å². The van der Waals surface area contributed by atoms with Gasteiger partial charge >= 0.3 is 6.03 Å². The van der Waals surface area contributed by atoms with Gasteiger partial charge in [-0.25, -0.2) is 9.78 Å². The van der Waals surface area contributed by atoms with Gasteiger partial charge in [-0.3, -0.25) is 30.1 Å². The molecule has 2 aliphatic rings. The van der Waals surface area contributed by atoms with E-state index in [0.717, 1.165) is 29.0 Å². The van der Waals surface area contributed by atoms with Gasteiger partial charge in [-0.2, -0.15) is 0 Å². The van der Waals surface area contributed by atoms with Crippen molar-refractivity contribution >= 4 is 35.1 Å². The number of benzene rings is 1. The summed E-state index contributed by atoms with van der Waals surface area (Å²) in [4.78, 5) is 54.4. The number of imide groups is 1. The Balaban J connectivity index is 1.21. The average molecular weight is 442 g/mol. The van der Waals surface area contributed by atoms with Crippen molar-refractivity contribution in [1.29, 1.82) is 0 Å². The molecule has 1 aliphatic heterocycles. The lowest BCUT2D eigenvalue weighted by Gasteiger charge is -2.19. The summed E-state index contributed by atoms with van der Waals surface area (Å²) >= 11 is 1.37. The van der Waals surface area contributed by atoms with Crippen molar-refractivity contribution in [3.8, 4) is 11.3 Å². The molecule has 0 radical (unpaired) electrons. The van der Waals surface area contributed by atoms with E-state index in [9.17, 15) is 19.2 Å². The first-order valence-electron chi connectivity index (χ1n) is 10.2. The summed E-state index contributed by atoms with van der Waals surface area (Å²) in [6, 6.07) is 9.19. The predicted octanol–water partition coefficient (Wildman–Crippen LogP) is 1.75. The summed E-state index contributed by atoms with van der Waals surface area (Å²) in [6.45, 7) is -0.0267. The third kappa shape index (κ3) is 4.58. The molecule has 2 fully saturated rings. The van der Waals surface area contributed by atoms with E-state index in [2.05, 4.69) is 21.2 Å². The standard InChI is InChI=1S/C21H23N5O4S/c27-16(8-11-26-19(29)21(23-20(26)30)9-4-5-10-21)24-25-17(28)12-18-22-15(13-31-18)14-6-2-1-3-7-14/h1-3,6-7,13H,4-5,8-12H2,(H,23,30)(H,24,27)(H,25,28). The zero-order chi connectivity index (χ0) is 21.8. The van der Waals surface area contributed by atoms with Gasteiger partial charge in [-0.15, -0.1) is 11.3 Å². The van der Waals surface area contributed by atoms with E-state index in [1.165, 1.54) is 11.3 Å². The Bertz CT molecular complexity index is 1000. The molecule has 1 aliphatic carbocycles. The van der Waals surface area contributed by atoms with Crippen LogP contribution in [-0.4, -0.2) is 45.7 Å². The largest absolute Gasteiger partial charge is 0.325 e. The molecular formula is C21H23N5O4S. The van der Waals surface area contributed by atoms with Gasteiger partial charge in [0.05, 0.1) is 12.1 Å². The maximum atomic E-state index is 12.6. The summed E-state index contributed by atoms with van der Waals surface area (Å²) in [6.07, 6.45) is 3.02. The van der Waals surface area contributed by atoms with E-state index < -0.39 is 23.4 Å². The molecule has 0 unspecified atom stereocenters. The van der Waals surface area contributed by atoms with Crippen LogP contribution >= 0.6 is 11.3 Å². The third-order valence-electron chi connectivity index (χ3n) is 5.54. The van der Waals surface area contributed by atoms with E-state index in [1.807, 2.05) is 35.7 Å². The van der Waals surface area contributed by atoms with E-state index >= 15 is 0 Å². The van der Waals surface area contributed by atoms with Gasteiger partial charge in [0.2, 0.25) is 11.8 Å². The molecule has 9 nitrogen and oxygen atoms in total. The van der Waals surface area contributed by atoms with Crippen LogP contribution in [0.4, 0.5) is 4.79 Å². The van der Waals surface area contributed by atoms with Gasteiger partial charge in [-0.05, 0) is 12.8 Å². The summed E-state index contributed by atoms with van der Waals surface area (Å²) in [5.41, 5.74) is 5.66. The minimum atomic E-state index is -0.784. The molecule has 0 bridgehead atoms. The fraction of sp³-hybridized carbons (Fsp3) is 0.381. The fourth-order valence-electron chi connectivity index (χ4n) is 3.93. The Hall–Kier alpha value is -3.27. The smallest absolute Gasteiger partial charge is 0.323 e. The number of aromatic nitrogens is 1. The van der Waals surface area contributed by atoms with Crippen LogP contribution in [0.2, 0.25) is 0 Å². The quantitative estimate of drug-likeness (QED) is 0.466. The van der Waals surface area contributed by atoms with Crippen molar-refractivity contribution in [2.45, 2.75) is 44.1 Å². The van der Waals surface area contributed by atoms with Gasteiger partial charge in [0, 0.05) is 23.9 Å². The molecule has 162 valence electrons. The van der Waals surface area contributed by atoms with Crippen molar-refractivity contribution in [3.63, 3.8) is 0 Å². The number of carbonyl (C=O) groups is 4. The highest BCUT2D eigenvalue weighted by Crippen LogP contribution is 2.35. The molecule has 1 aromatic heterocycles. The molecule has 1 saturated carbocycles. The Kier molecular flexibility index (Phi) is 5.99. The van der Waals surface area contributed by atoms with Crippen molar-refractivity contribution in [1.82, 2.24) is 26.1 Å². The molecule has 0 atom stereocenters. The Morgan fingerprint density at radius 2 is 1.81 bits per heavy atom. The van der Waals surface area contributed by atoms with Gasteiger partial charge in [0.1, 0.15) is 10.5 Å². The van der Waals surface area contributed by atoms with Crippen molar-refractivity contribution in [2.75, 3.05) is 6.54 Å². The highest BCUT2D eigenvalue weighted by atomic mass is 32.1. The number of urea groups is 1. The van der Waals surface area contributed by atoms with E-state index in [4.69, 9.17) is 0 Å². The first-order valence-corrected chi connectivity index (χ1v) is 11.1. The van der Waals surface area contributed by atoms with Gasteiger partial charge in [0.25, 0.3) is 5.91 Å². The lowest BCUT2D eigenvalue weighted by Crippen LogP contribution is -2.45. The van der Waals surface area contributed by atoms with Gasteiger partial charge in [-0.1, -0.05) is 43.2 Å². The maximum absolute atomic E-state index is 12.6. The van der Waals surface area contributed by atoms with Gasteiger partial charge in [0.15, 0.2) is 0 Å². The lowest BCUT2D eigenvalue weighted by molar-refractivity contribution is -0.132. The van der Waals surface area contributed by atoms with E-state index in [0.29, 0.717) is 17.8 Å². The predicted molar refractivity (Wildman–Crippen MR) is 114 cm³/mol. The summed E-state index contributed by atoms with van der Waals surface area (Å²) in [5.74, 6) is -1.14. The number of thiazole rings is 1. The molecule has 2 heterocycles. The van der Waals surface area contributed by atoms with Crippen LogP contribution in [0.25, 0.3) is 11.3 Å². The molecule has 1 spiro atoms. The fourth-order valence-corrected chi connectivity index (χ4v) is 4.73. The summed E-state index contributed by atoms with van der Waals surface area (Å²) in [5, 5.41) is 5.29. The van der Waals surface area contributed by atoms with Crippen LogP contribution in [-0.2, 0) is 20.8 Å². The maximum Gasteiger partial charge on any atom is 0.325 e. The molecule has 1 saturated heterocycles. The lowest BCUT2D eigenvalue weighted by atomic mass is 9.98. The zero-order valence-electron chi connectivity index (χ0n) is 16.8. The van der Waals surface area contributed by atoms with Crippen LogP contribution in [0.1, 0.15) is 37.1 Å². The van der Waals surface area contributed by atoms with Crippen LogP contribution in [0, 0.1) is 0 Å². The van der Waals surface area contributed by atoms with Crippen molar-refractivity contribution in [3.05, 3.63) is 40.7 Å². The molecule has 4 rings (SSSR count). The summed E-state index contributed by atoms with van der Waals surface area (Å²) < 4.78 is 0. The Morgan fingerprint density at radius 3 is 2.55 bits per heavy atom. The summed E-state index contributed by atoms with van der Waals surface area (Å²) in [7, 11) is 0. The van der Waals surface area contributed by atoms with Crippen LogP contribution in [0.15, 0.2) is 35.7 Å². The first kappa shape index (κ1) is 21.0. The number of carbonyl (C=O) groups excluding carboxylic acids is 4. The van der Waals surface area contributed by atoms with Crippen molar-refractivity contribution < 1.29 is 19.2 Å². The minimum Gasteiger partial charge on any atom is -0.323 e. The minimum absolute atomic E-state index is 0.0267. The van der Waals surface area contributed by atoms with Crippen LogP contribution in [0.5, 0.6) is 0 Å². The second-order valence-electron chi connectivity index (χ2n) is 7.69. The highest BCUT2D eigenvalue weighted by molar-refractivity contribution is 7.10. The highest BCUT2D eigenvalue weighted by Gasteiger charge is 2.52. The number of nitrogens with zero attached hydrogens (tertiary/aromatic N) is 2. The molecule has 10 heteroatoms. The van der Waals surface area contributed by atoms with Crippen molar-refractivity contribution in [2.24, 2.45) is 0 Å². The Labute approximate surface area is 183 Å². The number of hydrogen-bond donors (Lipinski definition) is 3. The monoisotopic (exact) mass is 441 g/mol. The number of hydrazine groups is 1. The molecule has 2 aromatic rings.